The van der Waals surface area contributed by atoms with E-state index in [4.69, 9.17) is 19.1 Å². The number of ether oxygens (including phenoxy) is 2. The number of aromatic nitrogens is 1. The third-order valence-electron chi connectivity index (χ3n) is 4.69. The highest BCUT2D eigenvalue weighted by Crippen LogP contribution is 2.27. The zero-order chi connectivity index (χ0) is 22.6. The lowest BCUT2D eigenvalue weighted by molar-refractivity contribution is 0.0946. The molecule has 0 bridgehead atoms. The van der Waals surface area contributed by atoms with E-state index in [0.717, 1.165) is 5.56 Å². The molecule has 3 N–H and O–H groups in total. The van der Waals surface area contributed by atoms with Crippen LogP contribution in [0.1, 0.15) is 32.9 Å². The summed E-state index contributed by atoms with van der Waals surface area (Å²) in [4.78, 5) is 12.8. The summed E-state index contributed by atoms with van der Waals surface area (Å²) >= 11 is 0. The molecule has 9 nitrogen and oxygen atoms in total. The summed E-state index contributed by atoms with van der Waals surface area (Å²) in [5, 5.41) is 11.8. The van der Waals surface area contributed by atoms with E-state index in [1.807, 2.05) is 6.92 Å². The predicted octanol–water partition coefficient (Wildman–Crippen LogP) is 2.46. The molecule has 31 heavy (non-hydrogen) atoms. The van der Waals surface area contributed by atoms with Crippen molar-refractivity contribution < 1.29 is 27.2 Å². The number of carbonyl (C=O) groups excluding carboxylic acids is 1. The fourth-order valence-corrected chi connectivity index (χ4v) is 3.38. The van der Waals surface area contributed by atoms with Crippen LogP contribution < -0.4 is 19.9 Å². The van der Waals surface area contributed by atoms with Crippen molar-refractivity contribution in [2.24, 2.45) is 5.14 Å². The van der Waals surface area contributed by atoms with Crippen molar-refractivity contribution in [1.29, 1.82) is 0 Å². The number of rotatable bonds is 8. The fraction of sp³-hybridized carbons (Fsp3) is 0.238. The Balaban J connectivity index is 1.74. The maximum atomic E-state index is 12.8. The van der Waals surface area contributed by atoms with Crippen LogP contribution in [0.25, 0.3) is 0 Å². The van der Waals surface area contributed by atoms with Gasteiger partial charge in [-0.2, -0.15) is 0 Å². The Morgan fingerprint density at radius 1 is 1.16 bits per heavy atom. The van der Waals surface area contributed by atoms with Crippen LogP contribution in [0.5, 0.6) is 11.5 Å². The molecule has 0 radical (unpaired) electrons. The lowest BCUT2D eigenvalue weighted by Crippen LogP contribution is -2.23. The predicted molar refractivity (Wildman–Crippen MR) is 112 cm³/mol. The lowest BCUT2D eigenvalue weighted by Gasteiger charge is -2.13. The number of amides is 1. The number of benzene rings is 2. The molecular weight excluding hydrogens is 422 g/mol. The molecule has 0 aliphatic rings. The van der Waals surface area contributed by atoms with Crippen molar-refractivity contribution in [3.63, 3.8) is 0 Å². The van der Waals surface area contributed by atoms with Crippen LogP contribution in [0.2, 0.25) is 0 Å². The van der Waals surface area contributed by atoms with E-state index >= 15 is 0 Å². The van der Waals surface area contributed by atoms with Crippen LogP contribution in [0.4, 0.5) is 0 Å². The van der Waals surface area contributed by atoms with Gasteiger partial charge in [-0.25, -0.2) is 13.6 Å². The molecule has 10 heteroatoms. The van der Waals surface area contributed by atoms with Gasteiger partial charge in [0.25, 0.3) is 5.91 Å². The van der Waals surface area contributed by atoms with E-state index in [1.54, 1.807) is 37.3 Å². The molecule has 1 heterocycles. The molecule has 1 aromatic heterocycles. The minimum atomic E-state index is -3.76. The molecule has 3 rings (SSSR count). The lowest BCUT2D eigenvalue weighted by atomic mass is 10.1. The summed E-state index contributed by atoms with van der Waals surface area (Å²) in [6.07, 6.45) is 0. The van der Waals surface area contributed by atoms with E-state index in [9.17, 15) is 13.2 Å². The number of nitrogens with one attached hydrogen (secondary N) is 1. The Bertz CT molecular complexity index is 1170. The van der Waals surface area contributed by atoms with Gasteiger partial charge >= 0.3 is 0 Å². The number of methoxy groups -OCH3 is 1. The number of aryl methyl sites for hydroxylation is 2. The molecule has 0 saturated carbocycles. The second-order valence-corrected chi connectivity index (χ2v) is 8.39. The Labute approximate surface area is 180 Å². The molecule has 0 spiro atoms. The van der Waals surface area contributed by atoms with Crippen LogP contribution in [0, 0.1) is 13.8 Å². The van der Waals surface area contributed by atoms with Crippen molar-refractivity contribution in [2.75, 3.05) is 7.11 Å². The molecule has 0 aliphatic heterocycles. The summed E-state index contributed by atoms with van der Waals surface area (Å²) in [7, 11) is -2.24. The molecule has 0 aliphatic carbocycles. The summed E-state index contributed by atoms with van der Waals surface area (Å²) in [5.74, 6) is 1.19. The second kappa shape index (κ2) is 9.19. The topological polar surface area (TPSA) is 134 Å². The number of hydrogen-bond acceptors (Lipinski definition) is 7. The largest absolute Gasteiger partial charge is 0.497 e. The molecule has 2 aromatic carbocycles. The first-order chi connectivity index (χ1) is 14.7. The quantitative estimate of drug-likeness (QED) is 0.544. The zero-order valence-corrected chi connectivity index (χ0v) is 18.2. The van der Waals surface area contributed by atoms with E-state index in [-0.39, 0.29) is 24.0 Å². The molecule has 0 fully saturated rings. The first-order valence-corrected chi connectivity index (χ1v) is 10.9. The van der Waals surface area contributed by atoms with Gasteiger partial charge in [0.05, 0.1) is 28.8 Å². The van der Waals surface area contributed by atoms with Crippen LogP contribution >= 0.6 is 0 Å². The number of hydrogen-bond donors (Lipinski definition) is 2. The maximum absolute atomic E-state index is 12.8. The van der Waals surface area contributed by atoms with Gasteiger partial charge in [0.1, 0.15) is 23.9 Å². The van der Waals surface area contributed by atoms with E-state index < -0.39 is 10.0 Å². The first-order valence-electron chi connectivity index (χ1n) is 9.31. The fourth-order valence-electron chi connectivity index (χ4n) is 2.87. The van der Waals surface area contributed by atoms with Crippen molar-refractivity contribution >= 4 is 15.9 Å². The standard InChI is InChI=1S/C21H23N3O6S/c1-13-19(14(2)30-24-13)12-29-20-10-16(28-3)6-9-18(20)21(25)23-11-15-4-7-17(8-5-15)31(22,26)27/h4-10H,11-12H2,1-3H3,(H,23,25)(H2,22,26,27). The molecule has 1 amide bonds. The number of nitrogens with two attached hydrogens (primary N) is 1. The summed E-state index contributed by atoms with van der Waals surface area (Å²) in [6, 6.07) is 10.9. The SMILES string of the molecule is COc1ccc(C(=O)NCc2ccc(S(N)(=O)=O)cc2)c(OCc2c(C)noc2C)c1. The van der Waals surface area contributed by atoms with Gasteiger partial charge in [-0.15, -0.1) is 0 Å². The van der Waals surface area contributed by atoms with Gasteiger partial charge in [-0.3, -0.25) is 4.79 Å². The van der Waals surface area contributed by atoms with Gasteiger partial charge in [0, 0.05) is 12.6 Å². The third kappa shape index (κ3) is 5.41. The maximum Gasteiger partial charge on any atom is 0.255 e. The van der Waals surface area contributed by atoms with Gasteiger partial charge < -0.3 is 19.3 Å². The Hall–Kier alpha value is -3.37. The van der Waals surface area contributed by atoms with Crippen LogP contribution in [-0.2, 0) is 23.2 Å². The van der Waals surface area contributed by atoms with E-state index in [2.05, 4.69) is 10.5 Å². The molecular formula is C21H23N3O6S. The highest BCUT2D eigenvalue weighted by Gasteiger charge is 2.16. The first kappa shape index (κ1) is 22.3. The number of primary sulfonamides is 1. The monoisotopic (exact) mass is 445 g/mol. The Kier molecular flexibility index (Phi) is 6.62. The van der Waals surface area contributed by atoms with E-state index in [1.165, 1.54) is 19.2 Å². The van der Waals surface area contributed by atoms with Crippen LogP contribution in [0.3, 0.4) is 0 Å². The highest BCUT2D eigenvalue weighted by molar-refractivity contribution is 7.89. The molecule has 164 valence electrons. The molecule has 3 aromatic rings. The number of sulfonamides is 1. The molecule has 0 saturated heterocycles. The normalized spacial score (nSPS) is 11.2. The van der Waals surface area contributed by atoms with E-state index in [0.29, 0.717) is 34.1 Å². The minimum absolute atomic E-state index is 0.00717. The minimum Gasteiger partial charge on any atom is -0.497 e. The highest BCUT2D eigenvalue weighted by atomic mass is 32.2. The Morgan fingerprint density at radius 2 is 1.87 bits per heavy atom. The van der Waals surface area contributed by atoms with Crippen molar-refractivity contribution in [1.82, 2.24) is 10.5 Å². The van der Waals surface area contributed by atoms with Gasteiger partial charge in [0.2, 0.25) is 10.0 Å². The number of nitrogens with zero attached hydrogens (tertiary/aromatic N) is 1. The molecule has 0 unspecified atom stereocenters. The van der Waals surface area contributed by atoms with Crippen molar-refractivity contribution in [3.8, 4) is 11.5 Å². The summed E-state index contributed by atoms with van der Waals surface area (Å²) < 4.78 is 39.0. The molecule has 0 atom stereocenters. The van der Waals surface area contributed by atoms with Gasteiger partial charge in [0.15, 0.2) is 0 Å². The summed E-state index contributed by atoms with van der Waals surface area (Å²) in [6.45, 7) is 3.98. The second-order valence-electron chi connectivity index (χ2n) is 6.83. The number of carbonyl (C=O) groups is 1. The van der Waals surface area contributed by atoms with Gasteiger partial charge in [-0.05, 0) is 43.7 Å². The third-order valence-corrected chi connectivity index (χ3v) is 5.62. The summed E-state index contributed by atoms with van der Waals surface area (Å²) in [5.41, 5.74) is 2.57. The van der Waals surface area contributed by atoms with Crippen LogP contribution in [0.15, 0.2) is 51.9 Å². The van der Waals surface area contributed by atoms with Crippen molar-refractivity contribution in [2.45, 2.75) is 31.9 Å². The Morgan fingerprint density at radius 3 is 2.45 bits per heavy atom. The average Bonchev–Trinajstić information content (AvgIpc) is 3.07. The van der Waals surface area contributed by atoms with Gasteiger partial charge in [-0.1, -0.05) is 17.3 Å². The van der Waals surface area contributed by atoms with Crippen molar-refractivity contribution in [3.05, 3.63) is 70.6 Å². The average molecular weight is 445 g/mol. The zero-order valence-electron chi connectivity index (χ0n) is 17.3. The van der Waals surface area contributed by atoms with Crippen LogP contribution in [-0.4, -0.2) is 26.6 Å². The smallest absolute Gasteiger partial charge is 0.255 e.